The fourth-order valence-electron chi connectivity index (χ4n) is 1.77. The second kappa shape index (κ2) is 7.38. The molecule has 3 nitrogen and oxygen atoms in total. The zero-order valence-corrected chi connectivity index (χ0v) is 13.8. The number of hydrogen-bond donors (Lipinski definition) is 1. The maximum Gasteiger partial charge on any atom is 0.271 e. The Balaban J connectivity index is 2.12. The van der Waals surface area contributed by atoms with Crippen LogP contribution in [0.5, 0.6) is 0 Å². The highest BCUT2D eigenvalue weighted by molar-refractivity contribution is 9.10. The highest BCUT2D eigenvalue weighted by atomic mass is 79.9. The van der Waals surface area contributed by atoms with Crippen molar-refractivity contribution in [3.05, 3.63) is 69.2 Å². The third-order valence-electron chi connectivity index (χ3n) is 2.91. The van der Waals surface area contributed by atoms with Gasteiger partial charge in [-0.25, -0.2) is 5.43 Å². The van der Waals surface area contributed by atoms with Crippen molar-refractivity contribution in [1.82, 2.24) is 5.43 Å². The summed E-state index contributed by atoms with van der Waals surface area (Å²) in [6, 6.07) is 14.5. The van der Waals surface area contributed by atoms with E-state index in [4.69, 9.17) is 11.6 Å². The van der Waals surface area contributed by atoms with E-state index in [1.165, 1.54) is 0 Å². The van der Waals surface area contributed by atoms with Gasteiger partial charge in [-0.1, -0.05) is 46.6 Å². The molecule has 1 amide bonds. The van der Waals surface area contributed by atoms with Crippen molar-refractivity contribution >= 4 is 39.1 Å². The van der Waals surface area contributed by atoms with E-state index < -0.39 is 0 Å². The fourth-order valence-corrected chi connectivity index (χ4v) is 2.16. The van der Waals surface area contributed by atoms with Crippen LogP contribution in [0.25, 0.3) is 0 Å². The molecule has 0 saturated heterocycles. The van der Waals surface area contributed by atoms with Gasteiger partial charge in [0.2, 0.25) is 0 Å². The SMILES string of the molecule is CCC(=NNC(=O)c1ccc(Br)cc1)c1ccc(Cl)cc1. The molecular weight excluding hydrogens is 352 g/mol. The lowest BCUT2D eigenvalue weighted by Crippen LogP contribution is -2.19. The second-order valence-electron chi connectivity index (χ2n) is 4.37. The van der Waals surface area contributed by atoms with E-state index in [-0.39, 0.29) is 5.91 Å². The second-order valence-corrected chi connectivity index (χ2v) is 5.72. The molecule has 0 spiro atoms. The van der Waals surface area contributed by atoms with E-state index in [0.29, 0.717) is 17.0 Å². The molecule has 0 aromatic heterocycles. The lowest BCUT2D eigenvalue weighted by atomic mass is 10.1. The average molecular weight is 366 g/mol. The molecule has 21 heavy (non-hydrogen) atoms. The Hall–Kier alpha value is -1.65. The van der Waals surface area contributed by atoms with Crippen LogP contribution in [0.1, 0.15) is 29.3 Å². The number of amides is 1. The van der Waals surface area contributed by atoms with Gasteiger partial charge in [0, 0.05) is 15.1 Å². The van der Waals surface area contributed by atoms with E-state index in [2.05, 4.69) is 26.5 Å². The van der Waals surface area contributed by atoms with E-state index in [1.807, 2.05) is 31.2 Å². The summed E-state index contributed by atoms with van der Waals surface area (Å²) in [4.78, 5) is 12.0. The fraction of sp³-hybridized carbons (Fsp3) is 0.125. The Morgan fingerprint density at radius 3 is 2.24 bits per heavy atom. The van der Waals surface area contributed by atoms with E-state index in [0.717, 1.165) is 15.7 Å². The van der Waals surface area contributed by atoms with Crippen LogP contribution < -0.4 is 5.43 Å². The van der Waals surface area contributed by atoms with Crippen LogP contribution in [0.15, 0.2) is 58.1 Å². The van der Waals surface area contributed by atoms with Gasteiger partial charge in [0.05, 0.1) is 5.71 Å². The van der Waals surface area contributed by atoms with Gasteiger partial charge in [-0.15, -0.1) is 0 Å². The molecule has 0 heterocycles. The molecule has 0 saturated carbocycles. The highest BCUT2D eigenvalue weighted by Gasteiger charge is 2.06. The van der Waals surface area contributed by atoms with Crippen molar-refractivity contribution < 1.29 is 4.79 Å². The highest BCUT2D eigenvalue weighted by Crippen LogP contribution is 2.12. The largest absolute Gasteiger partial charge is 0.271 e. The van der Waals surface area contributed by atoms with Crippen LogP contribution in [0.3, 0.4) is 0 Å². The van der Waals surface area contributed by atoms with Crippen LogP contribution in [0.4, 0.5) is 0 Å². The number of halogens is 2. The molecule has 0 radical (unpaired) electrons. The standard InChI is InChI=1S/C16H14BrClN2O/c1-2-15(11-5-9-14(18)10-6-11)19-20-16(21)12-3-7-13(17)8-4-12/h3-10H,2H2,1H3,(H,20,21). The van der Waals surface area contributed by atoms with Crippen molar-refractivity contribution in [3.8, 4) is 0 Å². The van der Waals surface area contributed by atoms with Crippen LogP contribution >= 0.6 is 27.5 Å². The van der Waals surface area contributed by atoms with Gasteiger partial charge in [-0.2, -0.15) is 5.10 Å². The van der Waals surface area contributed by atoms with Gasteiger partial charge in [0.15, 0.2) is 0 Å². The monoisotopic (exact) mass is 364 g/mol. The van der Waals surface area contributed by atoms with Crippen molar-refractivity contribution in [2.45, 2.75) is 13.3 Å². The number of carbonyl (C=O) groups excluding carboxylic acids is 1. The molecule has 0 unspecified atom stereocenters. The van der Waals surface area contributed by atoms with Crippen molar-refractivity contribution in [3.63, 3.8) is 0 Å². The first kappa shape index (κ1) is 15.7. The number of benzene rings is 2. The van der Waals surface area contributed by atoms with Gasteiger partial charge >= 0.3 is 0 Å². The minimum absolute atomic E-state index is 0.234. The predicted octanol–water partition coefficient (Wildman–Crippen LogP) is 4.65. The summed E-state index contributed by atoms with van der Waals surface area (Å²) in [6.07, 6.45) is 0.711. The van der Waals surface area contributed by atoms with Crippen LogP contribution in [0.2, 0.25) is 5.02 Å². The first-order valence-electron chi connectivity index (χ1n) is 6.48. The third kappa shape index (κ3) is 4.41. The smallest absolute Gasteiger partial charge is 0.267 e. The van der Waals surface area contributed by atoms with E-state index in [1.54, 1.807) is 24.3 Å². The molecule has 2 aromatic rings. The van der Waals surface area contributed by atoms with Crippen LogP contribution in [0, 0.1) is 0 Å². The zero-order valence-electron chi connectivity index (χ0n) is 11.4. The van der Waals surface area contributed by atoms with E-state index >= 15 is 0 Å². The molecule has 1 N–H and O–H groups in total. The molecule has 2 rings (SSSR count). The van der Waals surface area contributed by atoms with Crippen LogP contribution in [-0.4, -0.2) is 11.6 Å². The van der Waals surface area contributed by atoms with Crippen molar-refractivity contribution in [2.75, 3.05) is 0 Å². The number of nitrogens with zero attached hydrogens (tertiary/aromatic N) is 1. The molecule has 0 aliphatic heterocycles. The number of rotatable bonds is 4. The minimum atomic E-state index is -0.234. The van der Waals surface area contributed by atoms with Crippen molar-refractivity contribution in [2.24, 2.45) is 5.10 Å². The molecule has 0 aliphatic carbocycles. The predicted molar refractivity (Wildman–Crippen MR) is 89.9 cm³/mol. The molecule has 0 bridgehead atoms. The van der Waals surface area contributed by atoms with Gasteiger partial charge in [0.1, 0.15) is 0 Å². The topological polar surface area (TPSA) is 41.5 Å². The molecular formula is C16H14BrClN2O. The molecule has 0 atom stereocenters. The normalized spacial score (nSPS) is 11.3. The molecule has 2 aromatic carbocycles. The number of nitrogens with one attached hydrogen (secondary N) is 1. The lowest BCUT2D eigenvalue weighted by molar-refractivity contribution is 0.0955. The van der Waals surface area contributed by atoms with Gasteiger partial charge in [-0.05, 0) is 48.4 Å². The lowest BCUT2D eigenvalue weighted by Gasteiger charge is -2.05. The van der Waals surface area contributed by atoms with Gasteiger partial charge < -0.3 is 0 Å². The third-order valence-corrected chi connectivity index (χ3v) is 3.69. The molecule has 0 fully saturated rings. The number of carbonyl (C=O) groups is 1. The number of hydrogen-bond acceptors (Lipinski definition) is 2. The summed E-state index contributed by atoms with van der Waals surface area (Å²) in [5, 5.41) is 4.88. The number of hydrazone groups is 1. The maximum atomic E-state index is 12.0. The van der Waals surface area contributed by atoms with Gasteiger partial charge in [0.25, 0.3) is 5.91 Å². The van der Waals surface area contributed by atoms with Gasteiger partial charge in [-0.3, -0.25) is 4.79 Å². The summed E-state index contributed by atoms with van der Waals surface area (Å²) in [7, 11) is 0. The first-order chi connectivity index (χ1) is 10.1. The Bertz CT molecular complexity index is 651. The maximum absolute atomic E-state index is 12.0. The zero-order chi connectivity index (χ0) is 15.2. The Morgan fingerprint density at radius 1 is 1.10 bits per heavy atom. The summed E-state index contributed by atoms with van der Waals surface area (Å²) in [5.74, 6) is -0.234. The quantitative estimate of drug-likeness (QED) is 0.622. The Labute approximate surface area is 137 Å². The van der Waals surface area contributed by atoms with Crippen molar-refractivity contribution in [1.29, 1.82) is 0 Å². The Kier molecular flexibility index (Phi) is 5.53. The molecule has 0 aliphatic rings. The minimum Gasteiger partial charge on any atom is -0.267 e. The summed E-state index contributed by atoms with van der Waals surface area (Å²) >= 11 is 9.20. The summed E-state index contributed by atoms with van der Waals surface area (Å²) < 4.78 is 0.929. The summed E-state index contributed by atoms with van der Waals surface area (Å²) in [5.41, 5.74) is 4.89. The molecule has 5 heteroatoms. The van der Waals surface area contributed by atoms with E-state index in [9.17, 15) is 4.79 Å². The Morgan fingerprint density at radius 2 is 1.67 bits per heavy atom. The average Bonchev–Trinajstić information content (AvgIpc) is 2.50. The molecule has 108 valence electrons. The van der Waals surface area contributed by atoms with Crippen LogP contribution in [-0.2, 0) is 0 Å². The summed E-state index contributed by atoms with van der Waals surface area (Å²) in [6.45, 7) is 1.99. The first-order valence-corrected chi connectivity index (χ1v) is 7.65.